The largest absolute Gasteiger partial charge is 0.315 e. The summed E-state index contributed by atoms with van der Waals surface area (Å²) in [7, 11) is 0. The number of imidazole rings is 1. The van der Waals surface area contributed by atoms with Crippen LogP contribution < -0.4 is 0 Å². The number of aromatic nitrogens is 2. The Hall–Kier alpha value is -1.91. The zero-order valence-electron chi connectivity index (χ0n) is 10.5. The third kappa shape index (κ3) is 2.40. The molecule has 0 saturated heterocycles. The molecule has 0 fully saturated rings. The number of carbonyl (C=O) groups is 1. The average Bonchev–Trinajstić information content (AvgIpc) is 3.08. The highest BCUT2D eigenvalue weighted by atomic mass is 35.5. The van der Waals surface area contributed by atoms with E-state index >= 15 is 0 Å². The Morgan fingerprint density at radius 2 is 2.00 bits per heavy atom. The van der Waals surface area contributed by atoms with Gasteiger partial charge < -0.3 is 4.57 Å². The molecule has 0 N–H and O–H groups in total. The van der Waals surface area contributed by atoms with Gasteiger partial charge >= 0.3 is 0 Å². The average molecular weight is 303 g/mol. The zero-order valence-corrected chi connectivity index (χ0v) is 12.1. The fourth-order valence-corrected chi connectivity index (χ4v) is 3.02. The van der Waals surface area contributed by atoms with E-state index in [0.29, 0.717) is 12.2 Å². The molecule has 0 atom stereocenters. The lowest BCUT2D eigenvalue weighted by atomic mass is 10.2. The van der Waals surface area contributed by atoms with Crippen LogP contribution in [0.4, 0.5) is 0 Å². The molecular formula is C15H11ClN2OS. The van der Waals surface area contributed by atoms with E-state index in [1.165, 1.54) is 0 Å². The van der Waals surface area contributed by atoms with Gasteiger partial charge in [0.05, 0.1) is 4.88 Å². The molecule has 0 amide bonds. The molecule has 3 rings (SSSR count). The second kappa shape index (κ2) is 5.61. The van der Waals surface area contributed by atoms with Crippen LogP contribution in [-0.2, 0) is 6.54 Å². The van der Waals surface area contributed by atoms with Gasteiger partial charge in [-0.05, 0) is 17.0 Å². The van der Waals surface area contributed by atoms with Crippen molar-refractivity contribution >= 4 is 29.2 Å². The van der Waals surface area contributed by atoms with E-state index in [9.17, 15) is 4.79 Å². The van der Waals surface area contributed by atoms with Gasteiger partial charge in [-0.1, -0.05) is 48.0 Å². The molecule has 0 aliphatic heterocycles. The van der Waals surface area contributed by atoms with Crippen LogP contribution in [0, 0.1) is 0 Å². The number of halogens is 1. The van der Waals surface area contributed by atoms with Gasteiger partial charge in [-0.15, -0.1) is 11.3 Å². The summed E-state index contributed by atoms with van der Waals surface area (Å²) in [6.07, 6.45) is 0.759. The van der Waals surface area contributed by atoms with Crippen molar-refractivity contribution in [1.82, 2.24) is 9.55 Å². The molecular weight excluding hydrogens is 292 g/mol. The summed E-state index contributed by atoms with van der Waals surface area (Å²) in [5.74, 6) is 0.732. The van der Waals surface area contributed by atoms with E-state index in [-0.39, 0.29) is 5.15 Å². The Labute approximate surface area is 125 Å². The molecule has 2 heterocycles. The molecule has 0 saturated carbocycles. The first kappa shape index (κ1) is 13.1. The van der Waals surface area contributed by atoms with Gasteiger partial charge in [-0.2, -0.15) is 0 Å². The number of thiophene rings is 1. The lowest BCUT2D eigenvalue weighted by molar-refractivity contribution is 0.111. The molecule has 5 heteroatoms. The normalized spacial score (nSPS) is 10.7. The fourth-order valence-electron chi connectivity index (χ4n) is 2.07. The van der Waals surface area contributed by atoms with Crippen LogP contribution in [0.5, 0.6) is 0 Å². The molecule has 0 radical (unpaired) electrons. The summed E-state index contributed by atoms with van der Waals surface area (Å²) in [5.41, 5.74) is 1.52. The third-order valence-electron chi connectivity index (χ3n) is 3.00. The standard InChI is InChI=1S/C15H11ClN2OS/c16-14-12(10-19)18(9-11-5-2-1-3-6-11)15(17-14)13-7-4-8-20-13/h1-8,10H,9H2. The van der Waals surface area contributed by atoms with Crippen molar-refractivity contribution in [2.75, 3.05) is 0 Å². The van der Waals surface area contributed by atoms with Crippen molar-refractivity contribution in [1.29, 1.82) is 0 Å². The number of aldehydes is 1. The van der Waals surface area contributed by atoms with Crippen LogP contribution >= 0.6 is 22.9 Å². The Morgan fingerprint density at radius 3 is 2.65 bits per heavy atom. The van der Waals surface area contributed by atoms with Gasteiger partial charge in [0.2, 0.25) is 0 Å². The van der Waals surface area contributed by atoms with Crippen LogP contribution in [0.2, 0.25) is 5.15 Å². The van der Waals surface area contributed by atoms with Crippen LogP contribution in [0.15, 0.2) is 47.8 Å². The van der Waals surface area contributed by atoms with Gasteiger partial charge in [-0.25, -0.2) is 4.98 Å². The highest BCUT2D eigenvalue weighted by Gasteiger charge is 2.17. The molecule has 0 bridgehead atoms. The second-order valence-corrected chi connectivity index (χ2v) is 5.58. The predicted octanol–water partition coefficient (Wildman–Crippen LogP) is 4.13. The smallest absolute Gasteiger partial charge is 0.169 e. The van der Waals surface area contributed by atoms with Crippen molar-refractivity contribution in [3.8, 4) is 10.7 Å². The molecule has 1 aromatic carbocycles. The van der Waals surface area contributed by atoms with E-state index in [2.05, 4.69) is 4.98 Å². The summed E-state index contributed by atoms with van der Waals surface area (Å²) >= 11 is 7.65. The maximum Gasteiger partial charge on any atom is 0.169 e. The van der Waals surface area contributed by atoms with Gasteiger partial charge in [0.15, 0.2) is 17.3 Å². The van der Waals surface area contributed by atoms with Gasteiger partial charge in [0, 0.05) is 6.54 Å². The third-order valence-corrected chi connectivity index (χ3v) is 4.14. The van der Waals surface area contributed by atoms with Gasteiger partial charge in [-0.3, -0.25) is 4.79 Å². The molecule has 0 spiro atoms. The Bertz CT molecular complexity index is 720. The number of hydrogen-bond donors (Lipinski definition) is 0. The summed E-state index contributed by atoms with van der Waals surface area (Å²) in [6.45, 7) is 0.571. The summed E-state index contributed by atoms with van der Waals surface area (Å²) in [4.78, 5) is 16.6. The maximum absolute atomic E-state index is 11.3. The molecule has 2 aromatic heterocycles. The first-order valence-electron chi connectivity index (χ1n) is 6.08. The van der Waals surface area contributed by atoms with Gasteiger partial charge in [0.1, 0.15) is 5.69 Å². The quantitative estimate of drug-likeness (QED) is 0.679. The summed E-state index contributed by atoms with van der Waals surface area (Å²) in [5, 5.41) is 2.23. The van der Waals surface area contributed by atoms with E-state index < -0.39 is 0 Å². The molecule has 0 aliphatic rings. The molecule has 3 nitrogen and oxygen atoms in total. The SMILES string of the molecule is O=Cc1c(Cl)nc(-c2cccs2)n1Cc1ccccc1. The van der Waals surface area contributed by atoms with Crippen molar-refractivity contribution in [2.24, 2.45) is 0 Å². The number of benzene rings is 1. The Kier molecular flexibility index (Phi) is 3.67. The minimum absolute atomic E-state index is 0.249. The van der Waals surface area contributed by atoms with Crippen molar-refractivity contribution in [3.63, 3.8) is 0 Å². The number of nitrogens with zero attached hydrogens (tertiary/aromatic N) is 2. The number of rotatable bonds is 4. The van der Waals surface area contributed by atoms with Crippen molar-refractivity contribution < 1.29 is 4.79 Å². The number of carbonyl (C=O) groups excluding carboxylic acids is 1. The molecule has 3 aromatic rings. The van der Waals surface area contributed by atoms with E-state index in [1.54, 1.807) is 11.3 Å². The summed E-state index contributed by atoms with van der Waals surface area (Å²) < 4.78 is 1.86. The highest BCUT2D eigenvalue weighted by Crippen LogP contribution is 2.28. The fraction of sp³-hybridized carbons (Fsp3) is 0.0667. The molecule has 20 heavy (non-hydrogen) atoms. The summed E-state index contributed by atoms with van der Waals surface area (Å²) in [6, 6.07) is 13.9. The number of hydrogen-bond acceptors (Lipinski definition) is 3. The van der Waals surface area contributed by atoms with Crippen molar-refractivity contribution in [2.45, 2.75) is 6.54 Å². The van der Waals surface area contributed by atoms with Crippen LogP contribution in [-0.4, -0.2) is 15.8 Å². The minimum Gasteiger partial charge on any atom is -0.315 e. The monoisotopic (exact) mass is 302 g/mol. The lowest BCUT2D eigenvalue weighted by Crippen LogP contribution is -2.05. The maximum atomic E-state index is 11.3. The Balaban J connectivity index is 2.10. The van der Waals surface area contributed by atoms with Crippen molar-refractivity contribution in [3.05, 3.63) is 64.3 Å². The topological polar surface area (TPSA) is 34.9 Å². The second-order valence-electron chi connectivity index (χ2n) is 4.28. The first-order chi connectivity index (χ1) is 9.79. The van der Waals surface area contributed by atoms with E-state index in [4.69, 9.17) is 11.6 Å². The van der Waals surface area contributed by atoms with Gasteiger partial charge in [0.25, 0.3) is 0 Å². The van der Waals surface area contributed by atoms with Crippen LogP contribution in [0.25, 0.3) is 10.7 Å². The predicted molar refractivity (Wildman–Crippen MR) is 81.5 cm³/mol. The highest BCUT2D eigenvalue weighted by molar-refractivity contribution is 7.13. The van der Waals surface area contributed by atoms with Crippen LogP contribution in [0.1, 0.15) is 16.1 Å². The molecule has 0 aliphatic carbocycles. The lowest BCUT2D eigenvalue weighted by Gasteiger charge is -2.08. The zero-order chi connectivity index (χ0) is 13.9. The Morgan fingerprint density at radius 1 is 1.20 bits per heavy atom. The molecule has 100 valence electrons. The first-order valence-corrected chi connectivity index (χ1v) is 7.34. The van der Waals surface area contributed by atoms with E-state index in [0.717, 1.165) is 22.6 Å². The minimum atomic E-state index is 0.249. The van der Waals surface area contributed by atoms with Crippen LogP contribution in [0.3, 0.4) is 0 Å². The van der Waals surface area contributed by atoms with E-state index in [1.807, 2.05) is 52.4 Å². The molecule has 0 unspecified atom stereocenters.